The van der Waals surface area contributed by atoms with E-state index >= 15 is 0 Å². The number of thiocarbonyl (C=S) groups is 1. The number of ether oxygens (including phenoxy) is 2. The normalized spacial score (nSPS) is 18.6. The molecule has 0 spiro atoms. The van der Waals surface area contributed by atoms with Crippen molar-refractivity contribution in [2.75, 3.05) is 19.8 Å². The minimum atomic E-state index is -0.963. The Balaban J connectivity index is 1.79. The highest BCUT2D eigenvalue weighted by Crippen LogP contribution is 2.35. The van der Waals surface area contributed by atoms with Crippen molar-refractivity contribution >= 4 is 46.3 Å². The van der Waals surface area contributed by atoms with Crippen molar-refractivity contribution in [1.82, 2.24) is 4.90 Å². The maximum absolute atomic E-state index is 12.3. The number of carbonyl (C=O) groups is 2. The number of carboxylic acids is 1. The molecule has 1 aromatic carbocycles. The van der Waals surface area contributed by atoms with E-state index in [1.807, 2.05) is 6.07 Å². The number of carbonyl (C=O) groups excluding carboxylic acids is 1. The molecule has 23 heavy (non-hydrogen) atoms. The first-order chi connectivity index (χ1) is 11.0. The molecular formula is C15H13NO5S2. The van der Waals surface area contributed by atoms with E-state index in [4.69, 9.17) is 26.8 Å². The topological polar surface area (TPSA) is 76.1 Å². The van der Waals surface area contributed by atoms with Gasteiger partial charge in [-0.3, -0.25) is 14.5 Å². The Morgan fingerprint density at radius 2 is 2.09 bits per heavy atom. The van der Waals surface area contributed by atoms with E-state index in [2.05, 4.69) is 0 Å². The Hall–Kier alpha value is -2.06. The van der Waals surface area contributed by atoms with Gasteiger partial charge in [0.25, 0.3) is 5.91 Å². The third-order valence-electron chi connectivity index (χ3n) is 3.29. The van der Waals surface area contributed by atoms with Gasteiger partial charge in [0.2, 0.25) is 0 Å². The molecule has 0 atom stereocenters. The van der Waals surface area contributed by atoms with E-state index < -0.39 is 5.97 Å². The first kappa shape index (κ1) is 15.8. The van der Waals surface area contributed by atoms with Crippen LogP contribution in [0.1, 0.15) is 12.0 Å². The van der Waals surface area contributed by atoms with E-state index in [1.165, 1.54) is 16.7 Å². The fourth-order valence-electron chi connectivity index (χ4n) is 2.20. The largest absolute Gasteiger partial charge is 0.486 e. The van der Waals surface area contributed by atoms with Gasteiger partial charge in [0.15, 0.2) is 11.5 Å². The summed E-state index contributed by atoms with van der Waals surface area (Å²) in [5, 5.41) is 8.73. The fraction of sp³-hybridized carbons (Fsp3) is 0.267. The molecule has 1 amide bonds. The SMILES string of the molecule is O=C(O)CCN1C(=O)/C(=C\c2ccc3c(c2)OCCO3)SC1=S. The standard InChI is InChI=1S/C15H13NO5S2/c17-13(18)3-4-16-14(19)12(23-15(16)22)8-9-1-2-10-11(7-9)21-6-5-20-10/h1-2,7-8H,3-6H2,(H,17,18)/b12-8+. The van der Waals surface area contributed by atoms with Gasteiger partial charge >= 0.3 is 5.97 Å². The van der Waals surface area contributed by atoms with Gasteiger partial charge in [0.05, 0.1) is 11.3 Å². The van der Waals surface area contributed by atoms with E-state index in [9.17, 15) is 9.59 Å². The van der Waals surface area contributed by atoms with Crippen LogP contribution in [0, 0.1) is 0 Å². The molecule has 0 unspecified atom stereocenters. The maximum Gasteiger partial charge on any atom is 0.305 e. The monoisotopic (exact) mass is 351 g/mol. The summed E-state index contributed by atoms with van der Waals surface area (Å²) in [7, 11) is 0. The molecule has 0 bridgehead atoms. The first-order valence-corrected chi connectivity index (χ1v) is 8.14. The van der Waals surface area contributed by atoms with Crippen LogP contribution in [0.15, 0.2) is 23.1 Å². The number of hydrogen-bond donors (Lipinski definition) is 1. The van der Waals surface area contributed by atoms with E-state index in [0.29, 0.717) is 33.9 Å². The molecular weight excluding hydrogens is 338 g/mol. The molecule has 2 aliphatic rings. The summed E-state index contributed by atoms with van der Waals surface area (Å²) in [5.41, 5.74) is 0.799. The molecule has 0 saturated carbocycles. The lowest BCUT2D eigenvalue weighted by Gasteiger charge is -2.18. The van der Waals surface area contributed by atoms with Gasteiger partial charge in [-0.05, 0) is 23.8 Å². The number of carboxylic acid groups (broad SMARTS) is 1. The van der Waals surface area contributed by atoms with E-state index in [1.54, 1.807) is 18.2 Å². The first-order valence-electron chi connectivity index (χ1n) is 6.91. The number of thioether (sulfide) groups is 1. The second kappa shape index (κ2) is 6.59. The molecule has 120 valence electrons. The van der Waals surface area contributed by atoms with Gasteiger partial charge < -0.3 is 14.6 Å². The van der Waals surface area contributed by atoms with Gasteiger partial charge in [0, 0.05) is 6.54 Å². The number of fused-ring (bicyclic) bond motifs is 1. The summed E-state index contributed by atoms with van der Waals surface area (Å²) in [6, 6.07) is 5.43. The summed E-state index contributed by atoms with van der Waals surface area (Å²) in [5.74, 6) is 0.0970. The molecule has 1 fully saturated rings. The van der Waals surface area contributed by atoms with Crippen LogP contribution in [0.3, 0.4) is 0 Å². The maximum atomic E-state index is 12.3. The highest BCUT2D eigenvalue weighted by molar-refractivity contribution is 8.26. The Bertz CT molecular complexity index is 716. The number of nitrogens with zero attached hydrogens (tertiary/aromatic N) is 1. The zero-order valence-corrected chi connectivity index (χ0v) is 13.6. The molecule has 0 aromatic heterocycles. The lowest BCUT2D eigenvalue weighted by Crippen LogP contribution is -2.30. The molecule has 1 saturated heterocycles. The van der Waals surface area contributed by atoms with Crippen molar-refractivity contribution < 1.29 is 24.2 Å². The number of rotatable bonds is 4. The summed E-state index contributed by atoms with van der Waals surface area (Å²) < 4.78 is 11.3. The van der Waals surface area contributed by atoms with E-state index in [0.717, 1.165) is 5.56 Å². The van der Waals surface area contributed by atoms with Crippen molar-refractivity contribution in [3.05, 3.63) is 28.7 Å². The summed E-state index contributed by atoms with van der Waals surface area (Å²) in [6.07, 6.45) is 1.59. The summed E-state index contributed by atoms with van der Waals surface area (Å²) in [6.45, 7) is 1.10. The Labute approximate surface area is 142 Å². The van der Waals surface area contributed by atoms with Crippen molar-refractivity contribution in [3.63, 3.8) is 0 Å². The van der Waals surface area contributed by atoms with Crippen LogP contribution >= 0.6 is 24.0 Å². The summed E-state index contributed by atoms with van der Waals surface area (Å²) >= 11 is 6.32. The quantitative estimate of drug-likeness (QED) is 0.658. The van der Waals surface area contributed by atoms with Gasteiger partial charge in [-0.1, -0.05) is 30.0 Å². The number of benzene rings is 1. The zero-order valence-electron chi connectivity index (χ0n) is 12.0. The van der Waals surface area contributed by atoms with Crippen LogP contribution in [0.4, 0.5) is 0 Å². The van der Waals surface area contributed by atoms with Gasteiger partial charge in [0.1, 0.15) is 17.5 Å². The van der Waals surface area contributed by atoms with E-state index in [-0.39, 0.29) is 18.9 Å². The summed E-state index contributed by atoms with van der Waals surface area (Å²) in [4.78, 5) is 24.8. The molecule has 2 aliphatic heterocycles. The zero-order chi connectivity index (χ0) is 16.4. The minimum absolute atomic E-state index is 0.0818. The molecule has 6 nitrogen and oxygen atoms in total. The van der Waals surface area contributed by atoms with Crippen LogP contribution in [-0.2, 0) is 9.59 Å². The number of amides is 1. The fourth-order valence-corrected chi connectivity index (χ4v) is 3.51. The molecule has 0 radical (unpaired) electrons. The predicted octanol–water partition coefficient (Wildman–Crippen LogP) is 2.13. The van der Waals surface area contributed by atoms with Crippen molar-refractivity contribution in [3.8, 4) is 11.5 Å². The predicted molar refractivity (Wildman–Crippen MR) is 89.6 cm³/mol. The van der Waals surface area contributed by atoms with Crippen LogP contribution < -0.4 is 9.47 Å². The Morgan fingerprint density at radius 1 is 1.35 bits per heavy atom. The van der Waals surface area contributed by atoms with Gasteiger partial charge in [-0.15, -0.1) is 0 Å². The number of aliphatic carboxylic acids is 1. The minimum Gasteiger partial charge on any atom is -0.486 e. The second-order valence-electron chi connectivity index (χ2n) is 4.88. The third-order valence-corrected chi connectivity index (χ3v) is 4.66. The van der Waals surface area contributed by atoms with Crippen LogP contribution in [0.25, 0.3) is 6.08 Å². The molecule has 8 heteroatoms. The lowest BCUT2D eigenvalue weighted by molar-refractivity contribution is -0.137. The molecule has 1 N–H and O–H groups in total. The molecule has 2 heterocycles. The highest BCUT2D eigenvalue weighted by Gasteiger charge is 2.32. The van der Waals surface area contributed by atoms with Crippen LogP contribution in [0.5, 0.6) is 11.5 Å². The average molecular weight is 351 g/mol. The highest BCUT2D eigenvalue weighted by atomic mass is 32.2. The second-order valence-corrected chi connectivity index (χ2v) is 6.56. The Morgan fingerprint density at radius 3 is 2.83 bits per heavy atom. The van der Waals surface area contributed by atoms with Crippen LogP contribution in [0.2, 0.25) is 0 Å². The smallest absolute Gasteiger partial charge is 0.305 e. The third kappa shape index (κ3) is 3.48. The van der Waals surface area contributed by atoms with Crippen molar-refractivity contribution in [2.24, 2.45) is 0 Å². The number of hydrogen-bond acceptors (Lipinski definition) is 6. The average Bonchev–Trinajstić information content (AvgIpc) is 2.79. The van der Waals surface area contributed by atoms with Gasteiger partial charge in [-0.25, -0.2) is 0 Å². The Kier molecular flexibility index (Phi) is 4.53. The van der Waals surface area contributed by atoms with Crippen molar-refractivity contribution in [1.29, 1.82) is 0 Å². The van der Waals surface area contributed by atoms with Crippen molar-refractivity contribution in [2.45, 2.75) is 6.42 Å². The van der Waals surface area contributed by atoms with Crippen LogP contribution in [-0.4, -0.2) is 46.0 Å². The van der Waals surface area contributed by atoms with Gasteiger partial charge in [-0.2, -0.15) is 0 Å². The lowest BCUT2D eigenvalue weighted by atomic mass is 10.1. The molecule has 1 aromatic rings. The molecule has 0 aliphatic carbocycles. The molecule has 3 rings (SSSR count).